The van der Waals surface area contributed by atoms with E-state index in [4.69, 9.17) is 5.14 Å². The van der Waals surface area contributed by atoms with Crippen LogP contribution in [-0.2, 0) is 10.0 Å². The van der Waals surface area contributed by atoms with Crippen molar-refractivity contribution in [1.82, 2.24) is 5.32 Å². The molecule has 0 heterocycles. The molecule has 1 aromatic rings. The highest BCUT2D eigenvalue weighted by molar-refractivity contribution is 7.89. The summed E-state index contributed by atoms with van der Waals surface area (Å²) in [6.45, 7) is 1.31. The molecule has 0 aromatic heterocycles. The van der Waals surface area contributed by atoms with Crippen LogP contribution in [0.5, 0.6) is 0 Å². The zero-order valence-corrected chi connectivity index (χ0v) is 12.0. The number of nitrogens with one attached hydrogen (secondary N) is 1. The van der Waals surface area contributed by atoms with Gasteiger partial charge in [0.2, 0.25) is 10.0 Å². The number of carbonyl (C=O) groups excluding carboxylic acids is 1. The second kappa shape index (κ2) is 5.49. The van der Waals surface area contributed by atoms with Crippen LogP contribution in [0.1, 0.15) is 41.6 Å². The molecule has 2 rings (SSSR count). The molecule has 0 spiro atoms. The number of amides is 1. The normalized spacial score (nSPS) is 16.4. The van der Waals surface area contributed by atoms with Crippen LogP contribution in [-0.4, -0.2) is 20.4 Å². The first kappa shape index (κ1) is 14.9. The fourth-order valence-electron chi connectivity index (χ4n) is 2.42. The SMILES string of the molecule is Cc1c(F)cc(C(=O)NC2CCCC2)cc1S(N)(=O)=O. The topological polar surface area (TPSA) is 89.3 Å². The van der Waals surface area contributed by atoms with E-state index in [2.05, 4.69) is 5.32 Å². The van der Waals surface area contributed by atoms with Crippen LogP contribution >= 0.6 is 0 Å². The largest absolute Gasteiger partial charge is 0.349 e. The van der Waals surface area contributed by atoms with Crippen molar-refractivity contribution in [3.05, 3.63) is 29.1 Å². The number of rotatable bonds is 3. The van der Waals surface area contributed by atoms with E-state index in [1.807, 2.05) is 0 Å². The second-order valence-corrected chi connectivity index (χ2v) is 6.61. The number of hydrogen-bond donors (Lipinski definition) is 2. The first-order chi connectivity index (χ1) is 9.29. The fourth-order valence-corrected chi connectivity index (χ4v) is 3.23. The molecule has 1 fully saturated rings. The fraction of sp³-hybridized carbons (Fsp3) is 0.462. The Morgan fingerprint density at radius 2 is 1.95 bits per heavy atom. The smallest absolute Gasteiger partial charge is 0.251 e. The van der Waals surface area contributed by atoms with E-state index in [0.29, 0.717) is 0 Å². The molecule has 1 saturated carbocycles. The number of halogens is 1. The highest BCUT2D eigenvalue weighted by Gasteiger charge is 2.22. The summed E-state index contributed by atoms with van der Waals surface area (Å²) in [5.74, 6) is -1.23. The molecule has 0 aliphatic heterocycles. The van der Waals surface area contributed by atoms with Crippen molar-refractivity contribution < 1.29 is 17.6 Å². The van der Waals surface area contributed by atoms with Crippen LogP contribution in [0, 0.1) is 12.7 Å². The predicted octanol–water partition coefficient (Wildman–Crippen LogP) is 1.45. The van der Waals surface area contributed by atoms with Gasteiger partial charge in [0.25, 0.3) is 5.91 Å². The van der Waals surface area contributed by atoms with E-state index in [0.717, 1.165) is 37.8 Å². The monoisotopic (exact) mass is 300 g/mol. The van der Waals surface area contributed by atoms with Crippen molar-refractivity contribution in [2.45, 2.75) is 43.5 Å². The van der Waals surface area contributed by atoms with Gasteiger partial charge in [0.1, 0.15) is 5.82 Å². The van der Waals surface area contributed by atoms with Gasteiger partial charge in [-0.15, -0.1) is 0 Å². The Morgan fingerprint density at radius 1 is 1.35 bits per heavy atom. The lowest BCUT2D eigenvalue weighted by molar-refractivity contribution is 0.0937. The first-order valence-electron chi connectivity index (χ1n) is 6.43. The molecule has 0 saturated heterocycles. The molecule has 7 heteroatoms. The van der Waals surface area contributed by atoms with E-state index in [9.17, 15) is 17.6 Å². The quantitative estimate of drug-likeness (QED) is 0.885. The molecule has 3 N–H and O–H groups in total. The summed E-state index contributed by atoms with van der Waals surface area (Å²) in [4.78, 5) is 11.7. The van der Waals surface area contributed by atoms with Crippen LogP contribution in [0.2, 0.25) is 0 Å². The van der Waals surface area contributed by atoms with Crippen molar-refractivity contribution in [2.75, 3.05) is 0 Å². The standard InChI is InChI=1S/C13H17FN2O3S/c1-8-11(14)6-9(7-12(8)20(15,18)19)13(17)16-10-4-2-3-5-10/h6-7,10H,2-5H2,1H3,(H,16,17)(H2,15,18,19). The minimum atomic E-state index is -4.06. The molecular weight excluding hydrogens is 283 g/mol. The number of nitrogens with two attached hydrogens (primary N) is 1. The maximum atomic E-state index is 13.7. The van der Waals surface area contributed by atoms with Crippen molar-refractivity contribution in [2.24, 2.45) is 5.14 Å². The Labute approximate surface area is 117 Å². The summed E-state index contributed by atoms with van der Waals surface area (Å²) in [7, 11) is -4.06. The van der Waals surface area contributed by atoms with Gasteiger partial charge >= 0.3 is 0 Å². The minimum absolute atomic E-state index is 0.0241. The van der Waals surface area contributed by atoms with Gasteiger partial charge in [-0.1, -0.05) is 12.8 Å². The third-order valence-corrected chi connectivity index (χ3v) is 4.59. The van der Waals surface area contributed by atoms with Crippen LogP contribution in [0.15, 0.2) is 17.0 Å². The second-order valence-electron chi connectivity index (χ2n) is 5.08. The summed E-state index contributed by atoms with van der Waals surface area (Å²) in [5, 5.41) is 7.81. The lowest BCUT2D eigenvalue weighted by Gasteiger charge is -2.13. The van der Waals surface area contributed by atoms with E-state index >= 15 is 0 Å². The molecule has 1 aliphatic rings. The molecule has 5 nitrogen and oxygen atoms in total. The van der Waals surface area contributed by atoms with Crippen molar-refractivity contribution in [3.63, 3.8) is 0 Å². The molecule has 0 atom stereocenters. The van der Waals surface area contributed by atoms with Gasteiger partial charge in [-0.25, -0.2) is 17.9 Å². The zero-order chi connectivity index (χ0) is 14.9. The number of carbonyl (C=O) groups is 1. The number of sulfonamides is 1. The number of benzene rings is 1. The molecule has 0 bridgehead atoms. The number of hydrogen-bond acceptors (Lipinski definition) is 3. The average molecular weight is 300 g/mol. The predicted molar refractivity (Wildman–Crippen MR) is 72.2 cm³/mol. The Kier molecular flexibility index (Phi) is 4.10. The van der Waals surface area contributed by atoms with E-state index < -0.39 is 21.7 Å². The van der Waals surface area contributed by atoms with Crippen LogP contribution in [0.25, 0.3) is 0 Å². The highest BCUT2D eigenvalue weighted by Crippen LogP contribution is 2.21. The summed E-state index contributed by atoms with van der Waals surface area (Å²) < 4.78 is 36.6. The Balaban J connectivity index is 2.32. The lowest BCUT2D eigenvalue weighted by atomic mass is 10.1. The minimum Gasteiger partial charge on any atom is -0.349 e. The van der Waals surface area contributed by atoms with Gasteiger partial charge in [0.15, 0.2) is 0 Å². The van der Waals surface area contributed by atoms with Crippen LogP contribution in [0.4, 0.5) is 4.39 Å². The van der Waals surface area contributed by atoms with Crippen LogP contribution < -0.4 is 10.5 Å². The van der Waals surface area contributed by atoms with Crippen molar-refractivity contribution in [1.29, 1.82) is 0 Å². The first-order valence-corrected chi connectivity index (χ1v) is 7.97. The van der Waals surface area contributed by atoms with Gasteiger partial charge < -0.3 is 5.32 Å². The van der Waals surface area contributed by atoms with E-state index in [-0.39, 0.29) is 22.1 Å². The molecular formula is C13H17FN2O3S. The highest BCUT2D eigenvalue weighted by atomic mass is 32.2. The third-order valence-electron chi connectivity index (χ3n) is 3.56. The van der Waals surface area contributed by atoms with Gasteiger partial charge in [0, 0.05) is 17.2 Å². The van der Waals surface area contributed by atoms with Crippen molar-refractivity contribution in [3.8, 4) is 0 Å². The molecule has 0 unspecified atom stereocenters. The average Bonchev–Trinajstić information content (AvgIpc) is 2.83. The summed E-state index contributed by atoms with van der Waals surface area (Å²) >= 11 is 0. The maximum absolute atomic E-state index is 13.7. The van der Waals surface area contributed by atoms with E-state index in [1.54, 1.807) is 0 Å². The Bertz CT molecular complexity index is 637. The molecule has 20 heavy (non-hydrogen) atoms. The summed E-state index contributed by atoms with van der Waals surface area (Å²) in [5.41, 5.74) is -0.103. The molecule has 1 amide bonds. The van der Waals surface area contributed by atoms with E-state index in [1.165, 1.54) is 6.92 Å². The van der Waals surface area contributed by atoms with Gasteiger partial charge in [-0.05, 0) is 31.9 Å². The van der Waals surface area contributed by atoms with Gasteiger partial charge in [-0.2, -0.15) is 0 Å². The van der Waals surface area contributed by atoms with Gasteiger partial charge in [0.05, 0.1) is 4.90 Å². The molecule has 1 aliphatic carbocycles. The van der Waals surface area contributed by atoms with Crippen molar-refractivity contribution >= 4 is 15.9 Å². The molecule has 110 valence electrons. The maximum Gasteiger partial charge on any atom is 0.251 e. The summed E-state index contributed by atoms with van der Waals surface area (Å²) in [6.07, 6.45) is 3.88. The lowest BCUT2D eigenvalue weighted by Crippen LogP contribution is -2.33. The molecule has 1 aromatic carbocycles. The van der Waals surface area contributed by atoms with Gasteiger partial charge in [-0.3, -0.25) is 4.79 Å². The molecule has 0 radical (unpaired) electrons. The summed E-state index contributed by atoms with van der Waals surface area (Å²) in [6, 6.07) is 2.23. The Morgan fingerprint density at radius 3 is 2.50 bits per heavy atom. The van der Waals surface area contributed by atoms with Crippen LogP contribution in [0.3, 0.4) is 0 Å². The Hall–Kier alpha value is -1.47. The number of primary sulfonamides is 1. The third kappa shape index (κ3) is 3.16. The zero-order valence-electron chi connectivity index (χ0n) is 11.1.